The third kappa shape index (κ3) is 3.04. The molecule has 22 heavy (non-hydrogen) atoms. The Kier molecular flexibility index (Phi) is 3.97. The summed E-state index contributed by atoms with van der Waals surface area (Å²) in [5.41, 5.74) is 6.58. The highest BCUT2D eigenvalue weighted by Gasteiger charge is 2.08. The quantitative estimate of drug-likeness (QED) is 0.700. The molecule has 2 aromatic heterocycles. The average Bonchev–Trinajstić information content (AvgIpc) is 2.86. The summed E-state index contributed by atoms with van der Waals surface area (Å²) in [4.78, 5) is 8.57. The van der Waals surface area contributed by atoms with Crippen LogP contribution in [0.3, 0.4) is 0 Å². The molecule has 0 aliphatic rings. The van der Waals surface area contributed by atoms with Crippen LogP contribution < -0.4 is 15.8 Å². The molecule has 3 aromatic rings. The maximum Gasteiger partial charge on any atom is 0.226 e. The minimum atomic E-state index is 0.399. The summed E-state index contributed by atoms with van der Waals surface area (Å²) in [6.07, 6.45) is 1.65. The Bertz CT molecular complexity index is 803. The van der Waals surface area contributed by atoms with Crippen LogP contribution in [-0.2, 0) is 7.05 Å². The van der Waals surface area contributed by atoms with Gasteiger partial charge in [-0.1, -0.05) is 17.7 Å². The van der Waals surface area contributed by atoms with Crippen LogP contribution in [0, 0.1) is 0 Å². The lowest BCUT2D eigenvalue weighted by Crippen LogP contribution is -2.14. The minimum absolute atomic E-state index is 0.399. The number of nitrogen functional groups attached to an aromatic ring is 1. The molecule has 0 atom stereocenters. The van der Waals surface area contributed by atoms with Gasteiger partial charge in [-0.05, 0) is 18.2 Å². The monoisotopic (exact) mass is 318 g/mol. The van der Waals surface area contributed by atoms with Crippen molar-refractivity contribution in [2.75, 3.05) is 24.2 Å². The van der Waals surface area contributed by atoms with Crippen molar-refractivity contribution in [1.82, 2.24) is 19.7 Å². The van der Waals surface area contributed by atoms with Gasteiger partial charge in [0, 0.05) is 12.1 Å². The van der Waals surface area contributed by atoms with E-state index in [1.165, 1.54) is 0 Å². The van der Waals surface area contributed by atoms with Gasteiger partial charge in [-0.15, -0.1) is 0 Å². The highest BCUT2D eigenvalue weighted by molar-refractivity contribution is 6.30. The summed E-state index contributed by atoms with van der Waals surface area (Å²) in [6.45, 7) is 0.988. The number of hydrogen-bond acceptors (Lipinski definition) is 6. The summed E-state index contributed by atoms with van der Waals surface area (Å²) < 4.78 is 7.24. The van der Waals surface area contributed by atoms with E-state index in [2.05, 4.69) is 20.4 Å². The summed E-state index contributed by atoms with van der Waals surface area (Å²) >= 11 is 5.89. The first-order valence-corrected chi connectivity index (χ1v) is 7.09. The fourth-order valence-electron chi connectivity index (χ4n) is 2.01. The number of nitrogens with one attached hydrogen (secondary N) is 1. The molecule has 3 N–H and O–H groups in total. The van der Waals surface area contributed by atoms with Gasteiger partial charge in [-0.2, -0.15) is 15.1 Å². The number of aromatic nitrogens is 4. The lowest BCUT2D eigenvalue weighted by molar-refractivity contribution is 0.332. The van der Waals surface area contributed by atoms with Crippen molar-refractivity contribution in [1.29, 1.82) is 0 Å². The van der Waals surface area contributed by atoms with Crippen molar-refractivity contribution in [2.45, 2.75) is 0 Å². The Hall–Kier alpha value is -2.54. The van der Waals surface area contributed by atoms with Gasteiger partial charge in [0.2, 0.25) is 5.95 Å². The first-order valence-electron chi connectivity index (χ1n) is 6.71. The first kappa shape index (κ1) is 14.4. The van der Waals surface area contributed by atoms with Gasteiger partial charge in [0.05, 0.1) is 18.1 Å². The van der Waals surface area contributed by atoms with E-state index in [1.54, 1.807) is 30.1 Å². The summed E-state index contributed by atoms with van der Waals surface area (Å²) in [6, 6.07) is 7.25. The predicted octanol–water partition coefficient (Wildman–Crippen LogP) is 2.09. The van der Waals surface area contributed by atoms with Gasteiger partial charge in [0.1, 0.15) is 18.2 Å². The highest BCUT2D eigenvalue weighted by atomic mass is 35.5. The van der Waals surface area contributed by atoms with E-state index in [9.17, 15) is 0 Å². The topological polar surface area (TPSA) is 90.9 Å². The Morgan fingerprint density at radius 2 is 2.23 bits per heavy atom. The number of hydrogen-bond donors (Lipinski definition) is 2. The minimum Gasteiger partial charge on any atom is -0.492 e. The van der Waals surface area contributed by atoms with Crippen LogP contribution >= 0.6 is 11.6 Å². The molecule has 0 saturated heterocycles. The van der Waals surface area contributed by atoms with Gasteiger partial charge in [-0.25, -0.2) is 0 Å². The number of halogens is 1. The van der Waals surface area contributed by atoms with Crippen molar-refractivity contribution >= 4 is 34.4 Å². The lowest BCUT2D eigenvalue weighted by atomic mass is 10.3. The third-order valence-electron chi connectivity index (χ3n) is 3.07. The van der Waals surface area contributed by atoms with Crippen molar-refractivity contribution in [3.05, 3.63) is 35.5 Å². The summed E-state index contributed by atoms with van der Waals surface area (Å²) in [7, 11) is 1.81. The van der Waals surface area contributed by atoms with E-state index in [-0.39, 0.29) is 0 Å². The molecule has 3 rings (SSSR count). The smallest absolute Gasteiger partial charge is 0.226 e. The van der Waals surface area contributed by atoms with Gasteiger partial charge in [-0.3, -0.25) is 4.68 Å². The zero-order valence-electron chi connectivity index (χ0n) is 12.0. The Morgan fingerprint density at radius 3 is 3.05 bits per heavy atom. The van der Waals surface area contributed by atoms with Crippen molar-refractivity contribution < 1.29 is 4.74 Å². The van der Waals surface area contributed by atoms with Crippen molar-refractivity contribution in [3.8, 4) is 5.75 Å². The normalized spacial score (nSPS) is 10.8. The van der Waals surface area contributed by atoms with Crippen LogP contribution in [0.2, 0.25) is 5.02 Å². The largest absolute Gasteiger partial charge is 0.492 e. The van der Waals surface area contributed by atoms with Gasteiger partial charge in [0.15, 0.2) is 5.65 Å². The second-order valence-electron chi connectivity index (χ2n) is 4.67. The maximum absolute atomic E-state index is 5.89. The molecule has 0 aliphatic heterocycles. The second-order valence-corrected chi connectivity index (χ2v) is 5.11. The number of benzene rings is 1. The molecule has 7 nitrogen and oxygen atoms in total. The fraction of sp³-hybridized carbons (Fsp3) is 0.214. The fourth-order valence-corrected chi connectivity index (χ4v) is 2.19. The number of nitrogens with two attached hydrogens (primary N) is 1. The molecule has 0 bridgehead atoms. The molecule has 8 heteroatoms. The van der Waals surface area contributed by atoms with E-state index in [4.69, 9.17) is 22.1 Å². The molecule has 0 aliphatic carbocycles. The lowest BCUT2D eigenvalue weighted by Gasteiger charge is -2.08. The van der Waals surface area contributed by atoms with Gasteiger partial charge >= 0.3 is 0 Å². The van der Waals surface area contributed by atoms with Crippen LogP contribution in [0.4, 0.5) is 11.8 Å². The van der Waals surface area contributed by atoms with Crippen LogP contribution in [0.1, 0.15) is 0 Å². The van der Waals surface area contributed by atoms with E-state index >= 15 is 0 Å². The molecule has 1 aromatic carbocycles. The number of rotatable bonds is 5. The summed E-state index contributed by atoms with van der Waals surface area (Å²) in [5.74, 6) is 1.57. The molecule has 0 saturated carbocycles. The van der Waals surface area contributed by atoms with Crippen molar-refractivity contribution in [2.24, 2.45) is 7.05 Å². The Balaban J connectivity index is 1.61. The molecule has 0 fully saturated rings. The molecule has 2 heterocycles. The number of nitrogens with zero attached hydrogens (tertiary/aromatic N) is 4. The number of anilines is 2. The molecule has 0 amide bonds. The molecule has 0 unspecified atom stereocenters. The third-order valence-corrected chi connectivity index (χ3v) is 3.31. The standard InChI is InChI=1S/C14H15ClN6O/c1-21-13-11(8-18-21)12(16)19-14(20-13)17-5-6-22-10-4-2-3-9(15)7-10/h2-4,7-8H,5-6H2,1H3,(H3,16,17,19,20). The SMILES string of the molecule is Cn1ncc2c(N)nc(NCCOc3cccc(Cl)c3)nc21. The van der Waals surface area contributed by atoms with Gasteiger partial charge in [0.25, 0.3) is 0 Å². The zero-order chi connectivity index (χ0) is 15.5. The van der Waals surface area contributed by atoms with Crippen LogP contribution in [-0.4, -0.2) is 32.9 Å². The van der Waals surface area contributed by atoms with E-state index in [1.807, 2.05) is 12.1 Å². The van der Waals surface area contributed by atoms with Crippen LogP contribution in [0.15, 0.2) is 30.5 Å². The molecule has 0 spiro atoms. The van der Waals surface area contributed by atoms with E-state index < -0.39 is 0 Å². The molecule has 0 radical (unpaired) electrons. The Labute approximate surface area is 132 Å². The van der Waals surface area contributed by atoms with Crippen LogP contribution in [0.5, 0.6) is 5.75 Å². The zero-order valence-corrected chi connectivity index (χ0v) is 12.7. The second kappa shape index (κ2) is 6.07. The van der Waals surface area contributed by atoms with E-state index in [0.717, 1.165) is 11.1 Å². The maximum atomic E-state index is 5.89. The molecular formula is C14H15ClN6O. The number of aryl methyl sites for hydroxylation is 1. The number of fused-ring (bicyclic) bond motifs is 1. The molecular weight excluding hydrogens is 304 g/mol. The van der Waals surface area contributed by atoms with Crippen LogP contribution in [0.25, 0.3) is 11.0 Å². The highest BCUT2D eigenvalue weighted by Crippen LogP contribution is 2.19. The average molecular weight is 319 g/mol. The van der Waals surface area contributed by atoms with E-state index in [0.29, 0.717) is 35.6 Å². The van der Waals surface area contributed by atoms with Gasteiger partial charge < -0.3 is 15.8 Å². The predicted molar refractivity (Wildman–Crippen MR) is 86.2 cm³/mol. The molecule has 114 valence electrons. The summed E-state index contributed by atoms with van der Waals surface area (Å²) in [5, 5.41) is 8.57. The Morgan fingerprint density at radius 1 is 1.36 bits per heavy atom. The first-order chi connectivity index (χ1) is 10.6. The number of ether oxygens (including phenoxy) is 1. The van der Waals surface area contributed by atoms with Crippen molar-refractivity contribution in [3.63, 3.8) is 0 Å².